The average molecular weight is 520 g/mol. The number of phenols is 1. The summed E-state index contributed by atoms with van der Waals surface area (Å²) in [7, 11) is 1.32. The number of carbonyl (C=O) groups excluding carboxylic acids is 1. The number of phenolic OH excluding ortho intramolecular Hbond substituents is 1. The molecule has 9 heteroatoms. The molecule has 0 amide bonds. The summed E-state index contributed by atoms with van der Waals surface area (Å²) in [4.78, 5) is 25.9. The van der Waals surface area contributed by atoms with Crippen molar-refractivity contribution < 1.29 is 19.4 Å². The first-order valence-electron chi connectivity index (χ1n) is 11.1. The third-order valence-corrected chi connectivity index (χ3v) is 7.28. The monoisotopic (exact) mass is 519 g/mol. The molecule has 0 aliphatic heterocycles. The Morgan fingerprint density at radius 2 is 1.94 bits per heavy atom. The predicted octanol–water partition coefficient (Wildman–Crippen LogP) is 6.95. The van der Waals surface area contributed by atoms with Crippen molar-refractivity contribution in [3.8, 4) is 33.3 Å². The summed E-state index contributed by atoms with van der Waals surface area (Å²) in [5.74, 6) is 0.414. The van der Waals surface area contributed by atoms with Gasteiger partial charge in [0.2, 0.25) is 0 Å². The summed E-state index contributed by atoms with van der Waals surface area (Å²) >= 11 is 7.48. The number of methoxy groups -OCH3 is 1. The number of aromatic nitrogens is 3. The number of nitrogens with one attached hydrogen (secondary N) is 1. The van der Waals surface area contributed by atoms with Crippen molar-refractivity contribution in [2.75, 3.05) is 7.11 Å². The Morgan fingerprint density at radius 1 is 1.14 bits per heavy atom. The van der Waals surface area contributed by atoms with Crippen molar-refractivity contribution in [3.05, 3.63) is 82.0 Å². The van der Waals surface area contributed by atoms with Gasteiger partial charge in [0.15, 0.2) is 4.88 Å². The Kier molecular flexibility index (Phi) is 6.38. The van der Waals surface area contributed by atoms with Gasteiger partial charge in [-0.1, -0.05) is 29.8 Å². The third kappa shape index (κ3) is 4.53. The van der Waals surface area contributed by atoms with Gasteiger partial charge in [-0.15, -0.1) is 11.3 Å². The molecule has 36 heavy (non-hydrogen) atoms. The molecule has 182 valence electrons. The SMILES string of the molecule is COC(=O)c1sc(-c2nc3cc(-c4ccnc(C)c4)ccc3[nH]2)cc1O[C@H](C)c1cccc(O)c1Cl. The van der Waals surface area contributed by atoms with Crippen LogP contribution in [0, 0.1) is 6.92 Å². The molecule has 0 saturated carbocycles. The second-order valence-corrected chi connectivity index (χ2v) is 9.67. The lowest BCUT2D eigenvalue weighted by atomic mass is 10.1. The summed E-state index contributed by atoms with van der Waals surface area (Å²) in [5.41, 5.74) is 5.31. The van der Waals surface area contributed by atoms with Crippen LogP contribution in [0.5, 0.6) is 11.5 Å². The molecule has 0 radical (unpaired) electrons. The van der Waals surface area contributed by atoms with E-state index in [1.807, 2.05) is 37.3 Å². The van der Waals surface area contributed by atoms with Crippen LogP contribution in [0.2, 0.25) is 5.02 Å². The smallest absolute Gasteiger partial charge is 0.351 e. The fourth-order valence-corrected chi connectivity index (χ4v) is 5.18. The Bertz CT molecular complexity index is 1590. The van der Waals surface area contributed by atoms with Crippen LogP contribution in [0.3, 0.4) is 0 Å². The van der Waals surface area contributed by atoms with E-state index in [4.69, 9.17) is 26.1 Å². The Balaban J connectivity index is 1.50. The number of aromatic amines is 1. The minimum atomic E-state index is -0.530. The predicted molar refractivity (Wildman–Crippen MR) is 141 cm³/mol. The summed E-state index contributed by atoms with van der Waals surface area (Å²) in [5, 5.41) is 10.2. The molecule has 0 bridgehead atoms. The van der Waals surface area contributed by atoms with Crippen LogP contribution < -0.4 is 4.74 Å². The number of aromatic hydroxyl groups is 1. The number of ether oxygens (including phenoxy) is 2. The van der Waals surface area contributed by atoms with Crippen molar-refractivity contribution in [2.24, 2.45) is 0 Å². The van der Waals surface area contributed by atoms with Crippen molar-refractivity contribution >= 4 is 39.9 Å². The molecule has 3 heterocycles. The minimum Gasteiger partial charge on any atom is -0.506 e. The lowest BCUT2D eigenvalue weighted by Gasteiger charge is -2.16. The van der Waals surface area contributed by atoms with E-state index in [0.29, 0.717) is 22.0 Å². The van der Waals surface area contributed by atoms with Gasteiger partial charge in [0.05, 0.1) is 28.0 Å². The average Bonchev–Trinajstić information content (AvgIpc) is 3.49. The number of rotatable bonds is 6. The summed E-state index contributed by atoms with van der Waals surface area (Å²) in [6.45, 7) is 3.75. The molecule has 2 N–H and O–H groups in total. The van der Waals surface area contributed by atoms with E-state index >= 15 is 0 Å². The van der Waals surface area contributed by atoms with Gasteiger partial charge in [-0.2, -0.15) is 0 Å². The maximum Gasteiger partial charge on any atom is 0.351 e. The molecule has 0 unspecified atom stereocenters. The van der Waals surface area contributed by atoms with E-state index in [1.165, 1.54) is 24.5 Å². The minimum absolute atomic E-state index is 0.0348. The normalized spacial score (nSPS) is 12.0. The van der Waals surface area contributed by atoms with Gasteiger partial charge in [0.25, 0.3) is 0 Å². The molecule has 0 fully saturated rings. The number of thiophene rings is 1. The van der Waals surface area contributed by atoms with Crippen LogP contribution in [0.15, 0.2) is 60.8 Å². The van der Waals surface area contributed by atoms with Crippen molar-refractivity contribution in [1.82, 2.24) is 15.0 Å². The standard InChI is InChI=1S/C27H22ClN3O4S/c1-14-11-17(9-10-29-14)16-7-8-19-20(12-16)31-26(30-19)23-13-22(25(36-23)27(33)34-3)35-15(2)18-5-4-6-21(32)24(18)28/h4-13,15,32H,1-3H3,(H,30,31)/t15-/m1/s1. The number of H-pyrrole nitrogens is 1. The quantitative estimate of drug-likeness (QED) is 0.236. The number of hydrogen-bond acceptors (Lipinski definition) is 7. The molecular formula is C27H22ClN3O4S. The molecule has 3 aromatic heterocycles. The number of halogens is 1. The zero-order valence-electron chi connectivity index (χ0n) is 19.7. The van der Waals surface area contributed by atoms with Gasteiger partial charge in [0.1, 0.15) is 23.4 Å². The highest BCUT2D eigenvalue weighted by Gasteiger charge is 2.24. The molecule has 7 nitrogen and oxygen atoms in total. The first kappa shape index (κ1) is 23.8. The van der Waals surface area contributed by atoms with Crippen molar-refractivity contribution in [2.45, 2.75) is 20.0 Å². The van der Waals surface area contributed by atoms with Crippen LogP contribution in [-0.2, 0) is 4.74 Å². The highest BCUT2D eigenvalue weighted by molar-refractivity contribution is 7.17. The lowest BCUT2D eigenvalue weighted by Crippen LogP contribution is -2.07. The van der Waals surface area contributed by atoms with E-state index in [-0.39, 0.29) is 10.8 Å². The zero-order valence-corrected chi connectivity index (χ0v) is 21.3. The number of imidazole rings is 1. The molecule has 0 aliphatic rings. The summed E-state index contributed by atoms with van der Waals surface area (Å²) < 4.78 is 11.1. The second kappa shape index (κ2) is 9.64. The highest BCUT2D eigenvalue weighted by Crippen LogP contribution is 2.40. The lowest BCUT2D eigenvalue weighted by molar-refractivity contribution is 0.0600. The summed E-state index contributed by atoms with van der Waals surface area (Å²) in [6, 6.07) is 16.7. The molecule has 5 rings (SSSR count). The Morgan fingerprint density at radius 3 is 2.72 bits per heavy atom. The van der Waals surface area contributed by atoms with E-state index < -0.39 is 12.1 Å². The fraction of sp³-hybridized carbons (Fsp3) is 0.148. The molecular weight excluding hydrogens is 498 g/mol. The highest BCUT2D eigenvalue weighted by atomic mass is 35.5. The Hall–Kier alpha value is -3.88. The largest absolute Gasteiger partial charge is 0.506 e. The molecule has 1 atom stereocenters. The number of pyridine rings is 1. The van der Waals surface area contributed by atoms with Gasteiger partial charge in [-0.05, 0) is 55.3 Å². The number of carbonyl (C=O) groups is 1. The molecule has 5 aromatic rings. The van der Waals surface area contributed by atoms with Gasteiger partial charge < -0.3 is 19.6 Å². The number of aryl methyl sites for hydroxylation is 1. The number of fused-ring (bicyclic) bond motifs is 1. The van der Waals surface area contributed by atoms with E-state index in [2.05, 4.69) is 9.97 Å². The van der Waals surface area contributed by atoms with Gasteiger partial charge in [-0.25, -0.2) is 9.78 Å². The first-order valence-corrected chi connectivity index (χ1v) is 12.3. The molecule has 2 aromatic carbocycles. The van der Waals surface area contributed by atoms with Gasteiger partial charge in [0, 0.05) is 23.5 Å². The van der Waals surface area contributed by atoms with Crippen molar-refractivity contribution in [3.63, 3.8) is 0 Å². The second-order valence-electron chi connectivity index (χ2n) is 8.24. The fourth-order valence-electron chi connectivity index (χ4n) is 3.95. The van der Waals surface area contributed by atoms with E-state index in [0.717, 1.165) is 32.7 Å². The first-order chi connectivity index (χ1) is 17.3. The van der Waals surface area contributed by atoms with Crippen LogP contribution in [-0.4, -0.2) is 33.1 Å². The van der Waals surface area contributed by atoms with Crippen LogP contribution in [0.25, 0.3) is 32.9 Å². The molecule has 0 spiro atoms. The summed E-state index contributed by atoms with van der Waals surface area (Å²) in [6.07, 6.45) is 1.26. The Labute approximate surface area is 216 Å². The topological polar surface area (TPSA) is 97.3 Å². The number of hydrogen-bond donors (Lipinski definition) is 2. The van der Waals surface area contributed by atoms with E-state index in [9.17, 15) is 9.90 Å². The molecule has 0 aliphatic carbocycles. The van der Waals surface area contributed by atoms with Crippen LogP contribution >= 0.6 is 22.9 Å². The van der Waals surface area contributed by atoms with E-state index in [1.54, 1.807) is 31.3 Å². The maximum atomic E-state index is 12.5. The van der Waals surface area contributed by atoms with Gasteiger partial charge in [-0.3, -0.25) is 4.98 Å². The maximum absolute atomic E-state index is 12.5. The zero-order chi connectivity index (χ0) is 25.4. The van der Waals surface area contributed by atoms with Crippen LogP contribution in [0.4, 0.5) is 0 Å². The number of nitrogens with zero attached hydrogens (tertiary/aromatic N) is 2. The van der Waals surface area contributed by atoms with Gasteiger partial charge >= 0.3 is 5.97 Å². The molecule has 0 saturated heterocycles. The van der Waals surface area contributed by atoms with Crippen LogP contribution in [0.1, 0.15) is 34.0 Å². The number of benzene rings is 2. The third-order valence-electron chi connectivity index (χ3n) is 5.77. The number of esters is 1. The van der Waals surface area contributed by atoms with Crippen molar-refractivity contribution in [1.29, 1.82) is 0 Å².